The molecule has 1 atom stereocenters. The Morgan fingerprint density at radius 2 is 2.00 bits per heavy atom. The van der Waals surface area contributed by atoms with E-state index in [1.807, 2.05) is 6.07 Å². The molecule has 0 aliphatic carbocycles. The van der Waals surface area contributed by atoms with Gasteiger partial charge in [0.15, 0.2) is 0 Å². The van der Waals surface area contributed by atoms with Gasteiger partial charge >= 0.3 is 0 Å². The van der Waals surface area contributed by atoms with Crippen LogP contribution in [0.25, 0.3) is 0 Å². The van der Waals surface area contributed by atoms with Crippen LogP contribution in [-0.4, -0.2) is 6.04 Å². The van der Waals surface area contributed by atoms with Crippen molar-refractivity contribution in [3.05, 3.63) is 34.6 Å². The normalized spacial score (nSPS) is 13.9. The first-order valence-electron chi connectivity index (χ1n) is 5.48. The Kier molecular flexibility index (Phi) is 4.34. The molecule has 0 saturated heterocycles. The van der Waals surface area contributed by atoms with E-state index in [1.165, 1.54) is 6.07 Å². The van der Waals surface area contributed by atoms with Crippen molar-refractivity contribution in [3.63, 3.8) is 0 Å². The van der Waals surface area contributed by atoms with Crippen LogP contribution in [0.4, 0.5) is 4.39 Å². The fourth-order valence-electron chi connectivity index (χ4n) is 1.85. The van der Waals surface area contributed by atoms with Crippen molar-refractivity contribution >= 4 is 11.6 Å². The summed E-state index contributed by atoms with van der Waals surface area (Å²) in [5, 5.41) is 0.201. The van der Waals surface area contributed by atoms with E-state index in [9.17, 15) is 4.39 Å². The first kappa shape index (κ1) is 13.5. The maximum atomic E-state index is 13.2. The highest BCUT2D eigenvalue weighted by atomic mass is 35.5. The summed E-state index contributed by atoms with van der Waals surface area (Å²) in [6.45, 7) is 6.42. The molecular weight excluding hydrogens is 225 g/mol. The summed E-state index contributed by atoms with van der Waals surface area (Å²) >= 11 is 5.88. The monoisotopic (exact) mass is 243 g/mol. The van der Waals surface area contributed by atoms with E-state index in [0.717, 1.165) is 12.0 Å². The lowest BCUT2D eigenvalue weighted by atomic mass is 9.86. The molecule has 0 radical (unpaired) electrons. The molecule has 2 N–H and O–H groups in total. The summed E-state index contributed by atoms with van der Waals surface area (Å²) < 4.78 is 13.2. The third kappa shape index (κ3) is 4.11. The second-order valence-electron chi connectivity index (χ2n) is 5.44. The van der Waals surface area contributed by atoms with Crippen molar-refractivity contribution < 1.29 is 4.39 Å². The number of benzene rings is 1. The Morgan fingerprint density at radius 3 is 2.56 bits per heavy atom. The van der Waals surface area contributed by atoms with Gasteiger partial charge in [0.05, 0.1) is 5.02 Å². The SMILES string of the molecule is CC(C)(C)CC(N)Cc1cccc(F)c1Cl. The number of hydrogen-bond donors (Lipinski definition) is 1. The topological polar surface area (TPSA) is 26.0 Å². The van der Waals surface area contributed by atoms with Gasteiger partial charge in [0, 0.05) is 6.04 Å². The molecule has 0 aliphatic rings. The van der Waals surface area contributed by atoms with Crippen molar-refractivity contribution in [3.8, 4) is 0 Å². The quantitative estimate of drug-likeness (QED) is 0.859. The van der Waals surface area contributed by atoms with Crippen molar-refractivity contribution in [2.45, 2.75) is 39.7 Å². The molecule has 16 heavy (non-hydrogen) atoms. The number of halogens is 2. The van der Waals surface area contributed by atoms with Gasteiger partial charge in [-0.05, 0) is 29.9 Å². The maximum Gasteiger partial charge on any atom is 0.142 e. The molecule has 0 saturated carbocycles. The Labute approximate surface area is 102 Å². The molecule has 1 nitrogen and oxygen atoms in total. The van der Waals surface area contributed by atoms with Crippen molar-refractivity contribution in [2.24, 2.45) is 11.1 Å². The minimum Gasteiger partial charge on any atom is -0.327 e. The van der Waals surface area contributed by atoms with Crippen LogP contribution < -0.4 is 5.73 Å². The molecule has 1 rings (SSSR count). The first-order valence-corrected chi connectivity index (χ1v) is 5.86. The Hall–Kier alpha value is -0.600. The van der Waals surface area contributed by atoms with E-state index in [2.05, 4.69) is 20.8 Å². The second-order valence-corrected chi connectivity index (χ2v) is 5.82. The van der Waals surface area contributed by atoms with E-state index in [-0.39, 0.29) is 22.3 Å². The molecule has 0 bridgehead atoms. The summed E-state index contributed by atoms with van der Waals surface area (Å²) in [4.78, 5) is 0. The van der Waals surface area contributed by atoms with E-state index >= 15 is 0 Å². The minimum absolute atomic E-state index is 0.0132. The van der Waals surface area contributed by atoms with Gasteiger partial charge in [-0.25, -0.2) is 4.39 Å². The second kappa shape index (κ2) is 5.15. The lowest BCUT2D eigenvalue weighted by Crippen LogP contribution is -2.28. The van der Waals surface area contributed by atoms with E-state index in [4.69, 9.17) is 17.3 Å². The third-order valence-electron chi connectivity index (χ3n) is 2.39. The highest BCUT2D eigenvalue weighted by molar-refractivity contribution is 6.31. The largest absolute Gasteiger partial charge is 0.327 e. The first-order chi connectivity index (χ1) is 7.29. The Bertz CT molecular complexity index is 357. The molecule has 0 aliphatic heterocycles. The van der Waals surface area contributed by atoms with Crippen LogP contribution in [0.5, 0.6) is 0 Å². The van der Waals surface area contributed by atoms with Crippen LogP contribution in [0.2, 0.25) is 5.02 Å². The number of hydrogen-bond acceptors (Lipinski definition) is 1. The van der Waals surface area contributed by atoms with Crippen LogP contribution in [-0.2, 0) is 6.42 Å². The predicted octanol–water partition coefficient (Wildman–Crippen LogP) is 3.79. The zero-order chi connectivity index (χ0) is 12.3. The molecular formula is C13H19ClFN. The van der Waals surface area contributed by atoms with E-state index < -0.39 is 0 Å². The van der Waals surface area contributed by atoms with Crippen molar-refractivity contribution in [1.29, 1.82) is 0 Å². The summed E-state index contributed by atoms with van der Waals surface area (Å²) in [5.74, 6) is -0.373. The van der Waals surface area contributed by atoms with Gasteiger partial charge in [-0.3, -0.25) is 0 Å². The van der Waals surface area contributed by atoms with Crippen LogP contribution in [0.15, 0.2) is 18.2 Å². The highest BCUT2D eigenvalue weighted by Gasteiger charge is 2.17. The van der Waals surface area contributed by atoms with Crippen LogP contribution in [0, 0.1) is 11.2 Å². The molecule has 1 aromatic carbocycles. The van der Waals surface area contributed by atoms with Crippen LogP contribution >= 0.6 is 11.6 Å². The maximum absolute atomic E-state index is 13.2. The molecule has 1 aromatic rings. The molecule has 0 amide bonds. The van der Waals surface area contributed by atoms with E-state index in [1.54, 1.807) is 6.07 Å². The third-order valence-corrected chi connectivity index (χ3v) is 2.81. The average Bonchev–Trinajstić information content (AvgIpc) is 2.09. The van der Waals surface area contributed by atoms with Gasteiger partial charge in [0.1, 0.15) is 5.82 Å². The van der Waals surface area contributed by atoms with Gasteiger partial charge in [0.2, 0.25) is 0 Å². The fourth-order valence-corrected chi connectivity index (χ4v) is 2.05. The molecule has 1 unspecified atom stereocenters. The van der Waals surface area contributed by atoms with Gasteiger partial charge in [-0.2, -0.15) is 0 Å². The zero-order valence-electron chi connectivity index (χ0n) is 10.1. The minimum atomic E-state index is -0.373. The van der Waals surface area contributed by atoms with Gasteiger partial charge in [-0.1, -0.05) is 44.5 Å². The van der Waals surface area contributed by atoms with Gasteiger partial charge in [0.25, 0.3) is 0 Å². The molecule has 0 spiro atoms. The molecule has 0 fully saturated rings. The summed E-state index contributed by atoms with van der Waals surface area (Å²) in [6, 6.07) is 4.87. The van der Waals surface area contributed by atoms with E-state index in [0.29, 0.717) is 6.42 Å². The highest BCUT2D eigenvalue weighted by Crippen LogP contribution is 2.25. The van der Waals surface area contributed by atoms with Crippen LogP contribution in [0.3, 0.4) is 0 Å². The average molecular weight is 244 g/mol. The summed E-state index contributed by atoms with van der Waals surface area (Å²) in [5.41, 5.74) is 7.00. The van der Waals surface area contributed by atoms with Crippen LogP contribution in [0.1, 0.15) is 32.8 Å². The lowest BCUT2D eigenvalue weighted by molar-refractivity contribution is 0.338. The lowest BCUT2D eigenvalue weighted by Gasteiger charge is -2.23. The molecule has 0 heterocycles. The standard InChI is InChI=1S/C13H19ClFN/c1-13(2,3)8-10(16)7-9-5-4-6-11(15)12(9)14/h4-6,10H,7-8,16H2,1-3H3. The van der Waals surface area contributed by atoms with Crippen molar-refractivity contribution in [1.82, 2.24) is 0 Å². The summed E-state index contributed by atoms with van der Waals surface area (Å²) in [7, 11) is 0. The Morgan fingerprint density at radius 1 is 1.38 bits per heavy atom. The van der Waals surface area contributed by atoms with Gasteiger partial charge in [-0.15, -0.1) is 0 Å². The fraction of sp³-hybridized carbons (Fsp3) is 0.538. The van der Waals surface area contributed by atoms with Crippen molar-refractivity contribution in [2.75, 3.05) is 0 Å². The number of rotatable bonds is 3. The number of nitrogens with two attached hydrogens (primary N) is 1. The predicted molar refractivity (Wildman–Crippen MR) is 67.2 cm³/mol. The van der Waals surface area contributed by atoms with Gasteiger partial charge < -0.3 is 5.73 Å². The molecule has 0 aromatic heterocycles. The summed E-state index contributed by atoms with van der Waals surface area (Å²) in [6.07, 6.45) is 1.51. The smallest absolute Gasteiger partial charge is 0.142 e. The molecule has 90 valence electrons. The zero-order valence-corrected chi connectivity index (χ0v) is 10.8. The molecule has 3 heteroatoms. The Balaban J connectivity index is 2.70.